The van der Waals surface area contributed by atoms with Crippen LogP contribution in [-0.2, 0) is 6.54 Å². The standard InChI is InChI=1S/C14H15N3.C11H15ClN4O2/c1-10-9-13(11-7-8-11)17-14(15-10)16-12-5-3-2-4-6-12;1-3-15(11(13-2)8-16(17)18)7-9-4-5-10(12)14-6-9/h2-6,9,11H,7-8H2,1H3,(H,15,16,17);4-6,8,13H,3,7H2,1-2H3/b;11-8+. The van der Waals surface area contributed by atoms with Crippen LogP contribution in [0.25, 0.3) is 0 Å². The summed E-state index contributed by atoms with van der Waals surface area (Å²) in [6, 6.07) is 15.7. The molecule has 2 heterocycles. The maximum Gasteiger partial charge on any atom is 0.274 e. The number of hydrogen-bond acceptors (Lipinski definition) is 8. The van der Waals surface area contributed by atoms with E-state index >= 15 is 0 Å². The number of hydrogen-bond donors (Lipinski definition) is 2. The number of halogens is 1. The van der Waals surface area contributed by atoms with Crippen LogP contribution in [0.1, 0.15) is 42.6 Å². The molecule has 35 heavy (non-hydrogen) atoms. The van der Waals surface area contributed by atoms with E-state index in [4.69, 9.17) is 11.6 Å². The number of benzene rings is 1. The molecular formula is C25H30ClN7O2. The van der Waals surface area contributed by atoms with Gasteiger partial charge in [0, 0.05) is 49.3 Å². The van der Waals surface area contributed by atoms with Crippen molar-refractivity contribution in [2.75, 3.05) is 18.9 Å². The van der Waals surface area contributed by atoms with Gasteiger partial charge in [-0.2, -0.15) is 0 Å². The van der Waals surface area contributed by atoms with E-state index in [-0.39, 0.29) is 0 Å². The van der Waals surface area contributed by atoms with Crippen molar-refractivity contribution in [1.29, 1.82) is 0 Å². The Kier molecular flexibility index (Phi) is 9.37. The minimum Gasteiger partial charge on any atom is -0.370 e. The van der Waals surface area contributed by atoms with Crippen LogP contribution in [0, 0.1) is 17.0 Å². The van der Waals surface area contributed by atoms with Crippen LogP contribution in [-0.4, -0.2) is 38.4 Å². The fourth-order valence-corrected chi connectivity index (χ4v) is 3.49. The molecule has 1 fully saturated rings. The monoisotopic (exact) mass is 495 g/mol. The number of rotatable bonds is 9. The molecular weight excluding hydrogens is 466 g/mol. The molecule has 0 atom stereocenters. The van der Waals surface area contributed by atoms with E-state index in [0.29, 0.717) is 35.9 Å². The van der Waals surface area contributed by atoms with E-state index in [2.05, 4.69) is 31.7 Å². The fourth-order valence-electron chi connectivity index (χ4n) is 3.38. The first kappa shape index (κ1) is 25.9. The number of para-hydroxylation sites is 1. The molecule has 1 aliphatic carbocycles. The third kappa shape index (κ3) is 8.53. The molecule has 0 bridgehead atoms. The summed E-state index contributed by atoms with van der Waals surface area (Å²) in [5.41, 5.74) is 4.17. The van der Waals surface area contributed by atoms with Crippen LogP contribution < -0.4 is 10.6 Å². The highest BCUT2D eigenvalue weighted by molar-refractivity contribution is 6.29. The summed E-state index contributed by atoms with van der Waals surface area (Å²) in [6.45, 7) is 5.11. The summed E-state index contributed by atoms with van der Waals surface area (Å²) in [6.07, 6.45) is 5.14. The van der Waals surface area contributed by atoms with Crippen molar-refractivity contribution in [1.82, 2.24) is 25.2 Å². The topological polar surface area (TPSA) is 109 Å². The van der Waals surface area contributed by atoms with Crippen LogP contribution in [0.4, 0.5) is 11.6 Å². The molecule has 1 aromatic carbocycles. The summed E-state index contributed by atoms with van der Waals surface area (Å²) >= 11 is 5.70. The van der Waals surface area contributed by atoms with E-state index in [1.54, 1.807) is 19.3 Å². The average molecular weight is 496 g/mol. The Morgan fingerprint density at radius 3 is 2.54 bits per heavy atom. The lowest BCUT2D eigenvalue weighted by molar-refractivity contribution is -0.404. The Morgan fingerprint density at radius 1 is 1.23 bits per heavy atom. The maximum atomic E-state index is 10.5. The van der Waals surface area contributed by atoms with Crippen LogP contribution in [0.3, 0.4) is 0 Å². The predicted octanol–water partition coefficient (Wildman–Crippen LogP) is 5.26. The minimum absolute atomic E-state index is 0.427. The molecule has 3 aromatic rings. The first-order valence-corrected chi connectivity index (χ1v) is 11.8. The highest BCUT2D eigenvalue weighted by Gasteiger charge is 2.25. The van der Waals surface area contributed by atoms with E-state index in [1.165, 1.54) is 18.5 Å². The van der Waals surface area contributed by atoms with E-state index in [0.717, 1.165) is 23.1 Å². The number of nitro groups is 1. The fraction of sp³-hybridized carbons (Fsp3) is 0.320. The molecule has 0 saturated heterocycles. The van der Waals surface area contributed by atoms with Gasteiger partial charge in [-0.15, -0.1) is 0 Å². The van der Waals surface area contributed by atoms with Gasteiger partial charge < -0.3 is 15.5 Å². The number of pyridine rings is 1. The highest BCUT2D eigenvalue weighted by Crippen LogP contribution is 2.39. The van der Waals surface area contributed by atoms with Crippen molar-refractivity contribution in [2.24, 2.45) is 0 Å². The average Bonchev–Trinajstić information content (AvgIpc) is 3.69. The zero-order valence-corrected chi connectivity index (χ0v) is 20.9. The summed E-state index contributed by atoms with van der Waals surface area (Å²) < 4.78 is 0. The first-order chi connectivity index (χ1) is 16.9. The van der Waals surface area contributed by atoms with Crippen molar-refractivity contribution in [2.45, 2.75) is 39.2 Å². The van der Waals surface area contributed by atoms with Crippen LogP contribution in [0.2, 0.25) is 5.15 Å². The molecule has 0 aliphatic heterocycles. The van der Waals surface area contributed by atoms with Crippen molar-refractivity contribution in [3.05, 3.63) is 99.0 Å². The van der Waals surface area contributed by atoms with Gasteiger partial charge in [0.1, 0.15) is 5.15 Å². The lowest BCUT2D eigenvalue weighted by Gasteiger charge is -2.23. The minimum atomic E-state index is -0.478. The second-order valence-corrected chi connectivity index (χ2v) is 8.46. The third-order valence-corrected chi connectivity index (χ3v) is 5.49. The van der Waals surface area contributed by atoms with Gasteiger partial charge in [0.15, 0.2) is 5.82 Å². The Morgan fingerprint density at radius 2 is 1.97 bits per heavy atom. The largest absolute Gasteiger partial charge is 0.370 e. The first-order valence-electron chi connectivity index (χ1n) is 11.4. The molecule has 0 spiro atoms. The Bertz CT molecular complexity index is 1140. The molecule has 184 valence electrons. The van der Waals surface area contributed by atoms with Gasteiger partial charge in [-0.1, -0.05) is 35.9 Å². The van der Waals surface area contributed by atoms with Gasteiger partial charge in [-0.05, 0) is 56.5 Å². The van der Waals surface area contributed by atoms with Crippen LogP contribution >= 0.6 is 11.6 Å². The number of nitrogens with zero attached hydrogens (tertiary/aromatic N) is 5. The van der Waals surface area contributed by atoms with E-state index in [1.807, 2.05) is 55.1 Å². The summed E-state index contributed by atoms with van der Waals surface area (Å²) in [5, 5.41) is 17.0. The van der Waals surface area contributed by atoms with Crippen molar-refractivity contribution < 1.29 is 4.92 Å². The SMILES string of the molecule is CCN(Cc1ccc(Cl)nc1)/C(=C/[N+](=O)[O-])NC.Cc1cc(C2CC2)nc(Nc2ccccc2)n1. The third-order valence-electron chi connectivity index (χ3n) is 5.27. The van der Waals surface area contributed by atoms with E-state index in [9.17, 15) is 10.1 Å². The zero-order valence-electron chi connectivity index (χ0n) is 20.1. The van der Waals surface area contributed by atoms with Gasteiger partial charge in [0.05, 0.1) is 4.92 Å². The second kappa shape index (κ2) is 12.7. The molecule has 1 saturated carbocycles. The number of aromatic nitrogens is 3. The number of aryl methyl sites for hydroxylation is 1. The quantitative estimate of drug-likeness (QED) is 0.235. The van der Waals surface area contributed by atoms with Gasteiger partial charge >= 0.3 is 0 Å². The number of nitrogens with one attached hydrogen (secondary N) is 2. The van der Waals surface area contributed by atoms with E-state index < -0.39 is 4.92 Å². The van der Waals surface area contributed by atoms with Crippen molar-refractivity contribution in [3.63, 3.8) is 0 Å². The zero-order chi connectivity index (χ0) is 25.2. The summed E-state index contributed by atoms with van der Waals surface area (Å²) in [7, 11) is 1.65. The normalized spacial score (nSPS) is 12.9. The summed E-state index contributed by atoms with van der Waals surface area (Å²) in [4.78, 5) is 24.8. The molecule has 4 rings (SSSR count). The Balaban J connectivity index is 0.000000196. The molecule has 2 aromatic heterocycles. The van der Waals surface area contributed by atoms with Gasteiger partial charge in [0.2, 0.25) is 5.95 Å². The van der Waals surface area contributed by atoms with Gasteiger partial charge in [0.25, 0.3) is 6.20 Å². The lowest BCUT2D eigenvalue weighted by Crippen LogP contribution is -2.30. The highest BCUT2D eigenvalue weighted by atomic mass is 35.5. The lowest BCUT2D eigenvalue weighted by atomic mass is 10.2. The molecule has 1 aliphatic rings. The smallest absolute Gasteiger partial charge is 0.274 e. The predicted molar refractivity (Wildman–Crippen MR) is 138 cm³/mol. The molecule has 0 unspecified atom stereocenters. The maximum absolute atomic E-state index is 10.5. The van der Waals surface area contributed by atoms with Crippen LogP contribution in [0.5, 0.6) is 0 Å². The Labute approximate surface area is 210 Å². The molecule has 9 nitrogen and oxygen atoms in total. The second-order valence-electron chi connectivity index (χ2n) is 8.08. The summed E-state index contributed by atoms with van der Waals surface area (Å²) in [5.74, 6) is 1.82. The van der Waals surface area contributed by atoms with Gasteiger partial charge in [-0.3, -0.25) is 10.1 Å². The van der Waals surface area contributed by atoms with Crippen molar-refractivity contribution >= 4 is 23.2 Å². The number of anilines is 2. The Hall–Kier alpha value is -3.72. The molecule has 0 radical (unpaired) electrons. The van der Waals surface area contributed by atoms with Crippen LogP contribution in [0.15, 0.2) is 66.7 Å². The molecule has 10 heteroatoms. The van der Waals surface area contributed by atoms with Crippen molar-refractivity contribution in [3.8, 4) is 0 Å². The van der Waals surface area contributed by atoms with Gasteiger partial charge in [-0.25, -0.2) is 15.0 Å². The molecule has 2 N–H and O–H groups in total. The molecule has 0 amide bonds.